The minimum absolute atomic E-state index is 0.282. The van der Waals surface area contributed by atoms with E-state index in [4.69, 9.17) is 11.6 Å². The summed E-state index contributed by atoms with van der Waals surface area (Å²) in [6, 6.07) is 12.7. The maximum absolute atomic E-state index is 11.9. The van der Waals surface area contributed by atoms with E-state index in [9.17, 15) is 4.79 Å². The molecule has 3 nitrogen and oxygen atoms in total. The molecule has 0 spiro atoms. The molecule has 19 heavy (non-hydrogen) atoms. The number of aryl methyl sites for hydroxylation is 2. The Morgan fingerprint density at radius 1 is 1.05 bits per heavy atom. The van der Waals surface area contributed by atoms with Gasteiger partial charge in [-0.05, 0) is 49.2 Å². The maximum Gasteiger partial charge on any atom is 0.323 e. The van der Waals surface area contributed by atoms with Gasteiger partial charge in [-0.15, -0.1) is 0 Å². The predicted octanol–water partition coefficient (Wildman–Crippen LogP) is 4.60. The number of halogens is 1. The molecule has 0 saturated carbocycles. The van der Waals surface area contributed by atoms with Gasteiger partial charge in [0.25, 0.3) is 0 Å². The van der Waals surface area contributed by atoms with Crippen LogP contribution in [0.4, 0.5) is 16.2 Å². The summed E-state index contributed by atoms with van der Waals surface area (Å²) < 4.78 is 0. The Morgan fingerprint density at radius 2 is 1.84 bits per heavy atom. The topological polar surface area (TPSA) is 41.1 Å². The lowest BCUT2D eigenvalue weighted by molar-refractivity contribution is 0.262. The first-order valence-corrected chi connectivity index (χ1v) is 6.33. The Kier molecular flexibility index (Phi) is 4.07. The van der Waals surface area contributed by atoms with Crippen molar-refractivity contribution in [2.24, 2.45) is 0 Å². The summed E-state index contributed by atoms with van der Waals surface area (Å²) in [7, 11) is 0. The van der Waals surface area contributed by atoms with E-state index < -0.39 is 0 Å². The van der Waals surface area contributed by atoms with Crippen LogP contribution in [0, 0.1) is 13.8 Å². The van der Waals surface area contributed by atoms with Crippen LogP contribution in [0.2, 0.25) is 5.02 Å². The Hall–Kier alpha value is -2.00. The molecule has 2 aromatic rings. The second kappa shape index (κ2) is 5.76. The maximum atomic E-state index is 11.9. The summed E-state index contributed by atoms with van der Waals surface area (Å²) in [5.74, 6) is 0. The molecule has 0 saturated heterocycles. The van der Waals surface area contributed by atoms with Gasteiger partial charge in [-0.25, -0.2) is 4.79 Å². The van der Waals surface area contributed by atoms with Crippen molar-refractivity contribution in [3.8, 4) is 0 Å². The molecule has 2 N–H and O–H groups in total. The van der Waals surface area contributed by atoms with Gasteiger partial charge >= 0.3 is 6.03 Å². The molecule has 0 aromatic heterocycles. The predicted molar refractivity (Wildman–Crippen MR) is 80.0 cm³/mol. The number of urea groups is 1. The van der Waals surface area contributed by atoms with E-state index in [1.54, 1.807) is 24.3 Å². The third-order valence-electron chi connectivity index (χ3n) is 2.72. The van der Waals surface area contributed by atoms with Gasteiger partial charge in [-0.3, -0.25) is 0 Å². The number of nitrogens with one attached hydrogen (secondary N) is 2. The van der Waals surface area contributed by atoms with Crippen LogP contribution >= 0.6 is 11.6 Å². The molecule has 0 atom stereocenters. The molecule has 0 heterocycles. The van der Waals surface area contributed by atoms with Crippen LogP contribution in [0.1, 0.15) is 11.1 Å². The Bertz CT molecular complexity index is 611. The molecule has 0 bridgehead atoms. The molecule has 2 rings (SSSR count). The number of carbonyl (C=O) groups is 1. The summed E-state index contributed by atoms with van der Waals surface area (Å²) >= 11 is 5.86. The van der Waals surface area contributed by atoms with Crippen molar-refractivity contribution in [2.45, 2.75) is 13.8 Å². The number of rotatable bonds is 2. The molecular weight excluding hydrogens is 260 g/mol. The van der Waals surface area contributed by atoms with Crippen LogP contribution in [0.25, 0.3) is 0 Å². The van der Waals surface area contributed by atoms with Crippen molar-refractivity contribution >= 4 is 29.0 Å². The van der Waals surface area contributed by atoms with Gasteiger partial charge in [0.1, 0.15) is 0 Å². The fourth-order valence-corrected chi connectivity index (χ4v) is 1.91. The third-order valence-corrected chi connectivity index (χ3v) is 2.96. The van der Waals surface area contributed by atoms with Gasteiger partial charge in [-0.1, -0.05) is 29.8 Å². The first-order valence-electron chi connectivity index (χ1n) is 5.95. The summed E-state index contributed by atoms with van der Waals surface area (Å²) in [5.41, 5.74) is 3.59. The minimum Gasteiger partial charge on any atom is -0.308 e. The average Bonchev–Trinajstić information content (AvgIpc) is 2.34. The van der Waals surface area contributed by atoms with E-state index in [-0.39, 0.29) is 6.03 Å². The molecule has 0 unspecified atom stereocenters. The van der Waals surface area contributed by atoms with Crippen molar-refractivity contribution in [2.75, 3.05) is 10.6 Å². The Balaban J connectivity index is 2.07. The monoisotopic (exact) mass is 274 g/mol. The SMILES string of the molecule is Cc1ccc(C)c(NC(=O)Nc2cccc(Cl)c2)c1. The fraction of sp³-hybridized carbons (Fsp3) is 0.133. The van der Waals surface area contributed by atoms with Crippen molar-refractivity contribution in [3.05, 3.63) is 58.6 Å². The summed E-state index contributed by atoms with van der Waals surface area (Å²) in [6.45, 7) is 3.94. The molecule has 0 aliphatic carbocycles. The zero-order valence-corrected chi connectivity index (χ0v) is 11.6. The molecule has 0 aliphatic rings. The highest BCUT2D eigenvalue weighted by Crippen LogP contribution is 2.18. The minimum atomic E-state index is -0.282. The van der Waals surface area contributed by atoms with Crippen LogP contribution in [0.15, 0.2) is 42.5 Å². The van der Waals surface area contributed by atoms with E-state index in [2.05, 4.69) is 10.6 Å². The average molecular weight is 275 g/mol. The molecule has 4 heteroatoms. The van der Waals surface area contributed by atoms with Gasteiger partial charge in [0.15, 0.2) is 0 Å². The highest BCUT2D eigenvalue weighted by atomic mass is 35.5. The van der Waals surface area contributed by atoms with Crippen molar-refractivity contribution in [1.82, 2.24) is 0 Å². The summed E-state index contributed by atoms with van der Waals surface area (Å²) in [6.07, 6.45) is 0. The van der Waals surface area contributed by atoms with E-state index in [0.717, 1.165) is 16.8 Å². The van der Waals surface area contributed by atoms with E-state index >= 15 is 0 Å². The number of carbonyl (C=O) groups excluding carboxylic acids is 1. The fourth-order valence-electron chi connectivity index (χ4n) is 1.72. The van der Waals surface area contributed by atoms with E-state index in [1.165, 1.54) is 0 Å². The first-order chi connectivity index (χ1) is 9.04. The van der Waals surface area contributed by atoms with Gasteiger partial charge in [0.2, 0.25) is 0 Å². The van der Waals surface area contributed by atoms with Crippen LogP contribution < -0.4 is 10.6 Å². The van der Waals surface area contributed by atoms with Crippen LogP contribution in [0.5, 0.6) is 0 Å². The Labute approximate surface area is 117 Å². The number of amides is 2. The number of hydrogen-bond donors (Lipinski definition) is 2. The van der Waals surface area contributed by atoms with Gasteiger partial charge in [0.05, 0.1) is 0 Å². The third kappa shape index (κ3) is 3.73. The second-order valence-electron chi connectivity index (χ2n) is 4.41. The highest BCUT2D eigenvalue weighted by Gasteiger charge is 2.05. The van der Waals surface area contributed by atoms with E-state index in [1.807, 2.05) is 32.0 Å². The Morgan fingerprint density at radius 3 is 2.58 bits per heavy atom. The smallest absolute Gasteiger partial charge is 0.308 e. The van der Waals surface area contributed by atoms with Crippen LogP contribution in [-0.2, 0) is 0 Å². The zero-order valence-electron chi connectivity index (χ0n) is 10.8. The molecule has 0 fully saturated rings. The molecule has 0 radical (unpaired) electrons. The zero-order chi connectivity index (χ0) is 13.8. The lowest BCUT2D eigenvalue weighted by Gasteiger charge is -2.10. The van der Waals surface area contributed by atoms with E-state index in [0.29, 0.717) is 10.7 Å². The van der Waals surface area contributed by atoms with Gasteiger partial charge < -0.3 is 10.6 Å². The largest absolute Gasteiger partial charge is 0.323 e. The quantitative estimate of drug-likeness (QED) is 0.825. The molecule has 2 aromatic carbocycles. The highest BCUT2D eigenvalue weighted by molar-refractivity contribution is 6.30. The number of hydrogen-bond acceptors (Lipinski definition) is 1. The second-order valence-corrected chi connectivity index (χ2v) is 4.84. The molecule has 2 amide bonds. The normalized spacial score (nSPS) is 10.1. The summed E-state index contributed by atoms with van der Waals surface area (Å²) in [5, 5.41) is 6.16. The van der Waals surface area contributed by atoms with Gasteiger partial charge in [0, 0.05) is 16.4 Å². The first kappa shape index (κ1) is 13.4. The molecule has 0 aliphatic heterocycles. The van der Waals surface area contributed by atoms with Crippen LogP contribution in [-0.4, -0.2) is 6.03 Å². The van der Waals surface area contributed by atoms with Crippen molar-refractivity contribution in [3.63, 3.8) is 0 Å². The standard InChI is InChI=1S/C15H15ClN2O/c1-10-6-7-11(2)14(8-10)18-15(19)17-13-5-3-4-12(16)9-13/h3-9H,1-2H3,(H2,17,18,19). The molecule has 98 valence electrons. The number of anilines is 2. The molecular formula is C15H15ClN2O. The summed E-state index contributed by atoms with van der Waals surface area (Å²) in [4.78, 5) is 11.9. The lowest BCUT2D eigenvalue weighted by Crippen LogP contribution is -2.20. The number of benzene rings is 2. The van der Waals surface area contributed by atoms with Crippen molar-refractivity contribution < 1.29 is 4.79 Å². The van der Waals surface area contributed by atoms with Crippen LogP contribution in [0.3, 0.4) is 0 Å². The van der Waals surface area contributed by atoms with Gasteiger partial charge in [-0.2, -0.15) is 0 Å². The lowest BCUT2D eigenvalue weighted by atomic mass is 10.1. The van der Waals surface area contributed by atoms with Crippen molar-refractivity contribution in [1.29, 1.82) is 0 Å².